The lowest BCUT2D eigenvalue weighted by atomic mass is 9.82. The monoisotopic (exact) mass is 448 g/mol. The molecule has 2 heterocycles. The maximum atomic E-state index is 12.4. The Morgan fingerprint density at radius 2 is 2.00 bits per heavy atom. The van der Waals surface area contributed by atoms with Gasteiger partial charge in [-0.15, -0.1) is 0 Å². The number of hydrogen-bond acceptors (Lipinski definition) is 6. The fourth-order valence-electron chi connectivity index (χ4n) is 4.36. The highest BCUT2D eigenvalue weighted by Gasteiger charge is 2.39. The molecule has 1 saturated heterocycles. The molecule has 1 aromatic heterocycles. The number of rotatable bonds is 8. The van der Waals surface area contributed by atoms with Crippen molar-refractivity contribution in [3.05, 3.63) is 71.6 Å². The van der Waals surface area contributed by atoms with E-state index in [0.717, 1.165) is 54.3 Å². The predicted molar refractivity (Wildman–Crippen MR) is 127 cm³/mol. The Morgan fingerprint density at radius 3 is 2.79 bits per heavy atom. The molecular formula is C27H32N2O4. The number of esters is 1. The molecule has 0 amide bonds. The number of likely N-dealkylation sites (tertiary alicyclic amines) is 1. The van der Waals surface area contributed by atoms with Crippen molar-refractivity contribution in [2.24, 2.45) is 5.41 Å². The van der Waals surface area contributed by atoms with Crippen LogP contribution in [-0.2, 0) is 22.7 Å². The summed E-state index contributed by atoms with van der Waals surface area (Å²) in [7, 11) is 0. The Hall–Kier alpha value is -3.12. The number of oxazole rings is 1. The lowest BCUT2D eigenvalue weighted by Gasteiger charge is -2.38. The summed E-state index contributed by atoms with van der Waals surface area (Å²) < 4.78 is 17.2. The molecule has 0 saturated carbocycles. The summed E-state index contributed by atoms with van der Waals surface area (Å²) in [6, 6.07) is 18.0. The predicted octanol–water partition coefficient (Wildman–Crippen LogP) is 5.39. The van der Waals surface area contributed by atoms with Crippen molar-refractivity contribution < 1.29 is 18.7 Å². The quantitative estimate of drug-likeness (QED) is 0.430. The van der Waals surface area contributed by atoms with Crippen LogP contribution in [0.2, 0.25) is 0 Å². The van der Waals surface area contributed by atoms with Crippen molar-refractivity contribution in [3.63, 3.8) is 0 Å². The third-order valence-electron chi connectivity index (χ3n) is 6.14. The normalized spacial score (nSPS) is 18.8. The average molecular weight is 449 g/mol. The van der Waals surface area contributed by atoms with Crippen molar-refractivity contribution in [1.82, 2.24) is 9.88 Å². The van der Waals surface area contributed by atoms with Crippen LogP contribution >= 0.6 is 0 Å². The molecule has 0 bridgehead atoms. The molecule has 1 aliphatic heterocycles. The molecule has 0 aliphatic carbocycles. The van der Waals surface area contributed by atoms with Gasteiger partial charge in [-0.25, -0.2) is 4.98 Å². The maximum absolute atomic E-state index is 12.4. The van der Waals surface area contributed by atoms with Crippen molar-refractivity contribution in [2.45, 2.75) is 46.8 Å². The van der Waals surface area contributed by atoms with Crippen molar-refractivity contribution in [1.29, 1.82) is 0 Å². The zero-order valence-electron chi connectivity index (χ0n) is 19.7. The fraction of sp³-hybridized carbons (Fsp3) is 0.407. The highest BCUT2D eigenvalue weighted by atomic mass is 16.5. The molecule has 0 N–H and O–H groups in total. The van der Waals surface area contributed by atoms with Gasteiger partial charge in [0.05, 0.1) is 12.0 Å². The topological polar surface area (TPSA) is 64.8 Å². The van der Waals surface area contributed by atoms with Gasteiger partial charge in [0.25, 0.3) is 0 Å². The standard InChI is InChI=1S/C27H32N2O4/c1-4-31-26(30)27(3)14-9-15-29(19-27)17-21-10-8-13-23(16-21)32-18-24-20(2)33-25(28-24)22-11-6-5-7-12-22/h5-8,10-13,16H,4,9,14-15,17-19H2,1-3H3. The molecule has 3 aromatic rings. The van der Waals surface area contributed by atoms with Gasteiger partial charge in [0.1, 0.15) is 23.8 Å². The molecular weight excluding hydrogens is 416 g/mol. The van der Waals surface area contributed by atoms with Gasteiger partial charge < -0.3 is 13.9 Å². The van der Waals surface area contributed by atoms with Crippen LogP contribution in [0.25, 0.3) is 11.5 Å². The van der Waals surface area contributed by atoms with E-state index in [0.29, 0.717) is 25.6 Å². The first kappa shape index (κ1) is 23.1. The van der Waals surface area contributed by atoms with Gasteiger partial charge in [-0.1, -0.05) is 30.3 Å². The fourth-order valence-corrected chi connectivity index (χ4v) is 4.36. The number of benzene rings is 2. The zero-order valence-corrected chi connectivity index (χ0v) is 19.7. The van der Waals surface area contributed by atoms with Crippen molar-refractivity contribution >= 4 is 5.97 Å². The van der Waals surface area contributed by atoms with E-state index >= 15 is 0 Å². The molecule has 0 radical (unpaired) electrons. The van der Waals surface area contributed by atoms with E-state index in [1.807, 2.05) is 63.2 Å². The van der Waals surface area contributed by atoms with Crippen LogP contribution in [0.4, 0.5) is 0 Å². The molecule has 33 heavy (non-hydrogen) atoms. The Kier molecular flexibility index (Phi) is 7.14. The molecule has 1 aliphatic rings. The summed E-state index contributed by atoms with van der Waals surface area (Å²) in [4.78, 5) is 19.4. The Bertz CT molecular complexity index is 1080. The minimum atomic E-state index is -0.441. The first-order chi connectivity index (χ1) is 16.0. The van der Waals surface area contributed by atoms with Gasteiger partial charge in [0, 0.05) is 18.7 Å². The van der Waals surface area contributed by atoms with Crippen LogP contribution in [0.3, 0.4) is 0 Å². The Balaban J connectivity index is 1.38. The van der Waals surface area contributed by atoms with E-state index in [-0.39, 0.29) is 5.97 Å². The molecule has 6 nitrogen and oxygen atoms in total. The average Bonchev–Trinajstić information content (AvgIpc) is 3.19. The number of aromatic nitrogens is 1. The minimum Gasteiger partial charge on any atom is -0.487 e. The molecule has 0 spiro atoms. The van der Waals surface area contributed by atoms with Gasteiger partial charge in [0.2, 0.25) is 5.89 Å². The van der Waals surface area contributed by atoms with E-state index in [1.54, 1.807) is 0 Å². The number of ether oxygens (including phenoxy) is 2. The third kappa shape index (κ3) is 5.63. The van der Waals surface area contributed by atoms with E-state index in [9.17, 15) is 4.79 Å². The van der Waals surface area contributed by atoms with E-state index in [1.165, 1.54) is 0 Å². The van der Waals surface area contributed by atoms with Gasteiger partial charge in [0.15, 0.2) is 0 Å². The molecule has 1 fully saturated rings. The highest BCUT2D eigenvalue weighted by Crippen LogP contribution is 2.32. The van der Waals surface area contributed by atoms with Crippen LogP contribution < -0.4 is 4.74 Å². The first-order valence-electron chi connectivity index (χ1n) is 11.6. The summed E-state index contributed by atoms with van der Waals surface area (Å²) in [5, 5.41) is 0. The molecule has 4 rings (SSSR count). The van der Waals surface area contributed by atoms with Crippen LogP contribution in [-0.4, -0.2) is 35.5 Å². The van der Waals surface area contributed by atoms with Crippen LogP contribution in [0.5, 0.6) is 5.75 Å². The number of nitrogens with zero attached hydrogens (tertiary/aromatic N) is 2. The zero-order chi connectivity index (χ0) is 23.3. The number of piperidine rings is 1. The number of aryl methyl sites for hydroxylation is 1. The lowest BCUT2D eigenvalue weighted by Crippen LogP contribution is -2.46. The summed E-state index contributed by atoms with van der Waals surface area (Å²) >= 11 is 0. The van der Waals surface area contributed by atoms with E-state index in [2.05, 4.69) is 22.0 Å². The third-order valence-corrected chi connectivity index (χ3v) is 6.14. The van der Waals surface area contributed by atoms with E-state index in [4.69, 9.17) is 13.9 Å². The lowest BCUT2D eigenvalue weighted by molar-refractivity contribution is -0.157. The first-order valence-corrected chi connectivity index (χ1v) is 11.6. The molecule has 6 heteroatoms. The number of hydrogen-bond donors (Lipinski definition) is 0. The van der Waals surface area contributed by atoms with Gasteiger partial charge in [-0.3, -0.25) is 9.69 Å². The SMILES string of the molecule is CCOC(=O)C1(C)CCCN(Cc2cccc(OCc3nc(-c4ccccc4)oc3C)c2)C1. The molecule has 1 atom stereocenters. The number of carbonyl (C=O) groups excluding carboxylic acids is 1. The molecule has 174 valence electrons. The number of carbonyl (C=O) groups is 1. The largest absolute Gasteiger partial charge is 0.487 e. The van der Waals surface area contributed by atoms with Gasteiger partial charge in [-0.05, 0) is 70.0 Å². The summed E-state index contributed by atoms with van der Waals surface area (Å²) in [6.07, 6.45) is 1.86. The summed E-state index contributed by atoms with van der Waals surface area (Å²) in [5.74, 6) is 2.07. The van der Waals surface area contributed by atoms with Gasteiger partial charge in [-0.2, -0.15) is 0 Å². The second-order valence-corrected chi connectivity index (χ2v) is 8.92. The van der Waals surface area contributed by atoms with Crippen molar-refractivity contribution in [2.75, 3.05) is 19.7 Å². The minimum absolute atomic E-state index is 0.0929. The van der Waals surface area contributed by atoms with Crippen LogP contribution in [0.15, 0.2) is 59.0 Å². The van der Waals surface area contributed by atoms with E-state index < -0.39 is 5.41 Å². The maximum Gasteiger partial charge on any atom is 0.313 e. The summed E-state index contributed by atoms with van der Waals surface area (Å²) in [5.41, 5.74) is 2.46. The second-order valence-electron chi connectivity index (χ2n) is 8.92. The smallest absolute Gasteiger partial charge is 0.313 e. The highest BCUT2D eigenvalue weighted by molar-refractivity contribution is 5.76. The van der Waals surface area contributed by atoms with Gasteiger partial charge >= 0.3 is 5.97 Å². The Morgan fingerprint density at radius 1 is 1.18 bits per heavy atom. The second kappa shape index (κ2) is 10.2. The van der Waals surface area contributed by atoms with Crippen molar-refractivity contribution in [3.8, 4) is 17.2 Å². The molecule has 2 aromatic carbocycles. The molecule has 1 unspecified atom stereocenters. The Labute approximate surface area is 195 Å². The summed E-state index contributed by atoms with van der Waals surface area (Å²) in [6.45, 7) is 9.00. The van der Waals surface area contributed by atoms with Crippen LogP contribution in [0.1, 0.15) is 43.7 Å². The van der Waals surface area contributed by atoms with Crippen LogP contribution in [0, 0.1) is 12.3 Å².